The second-order valence-electron chi connectivity index (χ2n) is 3.13. The van der Waals surface area contributed by atoms with E-state index in [9.17, 15) is 0 Å². The summed E-state index contributed by atoms with van der Waals surface area (Å²) in [6.07, 6.45) is 0. The smallest absolute Gasteiger partial charge is 0.256 e. The van der Waals surface area contributed by atoms with E-state index in [1.165, 1.54) is 0 Å². The molecule has 16 heavy (non-hydrogen) atoms. The molecular weight excluding hydrogens is 242 g/mol. The maximum atomic E-state index is 5.56. The van der Waals surface area contributed by atoms with E-state index in [1.54, 1.807) is 11.8 Å². The number of nitrogens with zero attached hydrogens (tertiary/aromatic N) is 1. The lowest BCUT2D eigenvalue weighted by molar-refractivity contribution is 0.167. The Kier molecular flexibility index (Phi) is 4.56. The normalized spacial score (nSPS) is 11.1. The maximum Gasteiger partial charge on any atom is 0.256 e. The van der Waals surface area contributed by atoms with Gasteiger partial charge in [-0.3, -0.25) is 0 Å². The first-order valence-corrected chi connectivity index (χ1v) is 6.69. The molecule has 3 nitrogen and oxygen atoms in total. The number of thioether (sulfide) groups is 1. The molecule has 86 valence electrons. The van der Waals surface area contributed by atoms with Crippen molar-refractivity contribution in [1.29, 1.82) is 0 Å². The van der Waals surface area contributed by atoms with E-state index in [0.717, 1.165) is 22.6 Å². The summed E-state index contributed by atoms with van der Waals surface area (Å²) in [6.45, 7) is 1.39. The Morgan fingerprint density at radius 1 is 1.31 bits per heavy atom. The fourth-order valence-corrected chi connectivity index (χ4v) is 2.08. The number of rotatable bonds is 6. The molecular formula is C11H13NO2S2. The van der Waals surface area contributed by atoms with Crippen LogP contribution < -0.4 is 0 Å². The Labute approximate surface area is 104 Å². The summed E-state index contributed by atoms with van der Waals surface area (Å²) in [6, 6.07) is 7.76. The average molecular weight is 255 g/mol. The lowest BCUT2D eigenvalue weighted by Crippen LogP contribution is -1.99. The highest BCUT2D eigenvalue weighted by molar-refractivity contribution is 7.99. The van der Waals surface area contributed by atoms with Gasteiger partial charge in [-0.1, -0.05) is 23.9 Å². The van der Waals surface area contributed by atoms with Crippen molar-refractivity contribution in [1.82, 2.24) is 4.98 Å². The van der Waals surface area contributed by atoms with Crippen molar-refractivity contribution in [2.75, 3.05) is 24.7 Å². The molecule has 1 aromatic carbocycles. The molecule has 0 radical (unpaired) electrons. The summed E-state index contributed by atoms with van der Waals surface area (Å²) >= 11 is 5.63. The van der Waals surface area contributed by atoms with Gasteiger partial charge in [0.15, 0.2) is 5.58 Å². The average Bonchev–Trinajstić information content (AvgIpc) is 2.71. The van der Waals surface area contributed by atoms with Gasteiger partial charge >= 0.3 is 0 Å². The Bertz CT molecular complexity index is 411. The standard InChI is InChI=1S/C11H13NO2S2/c15-7-5-13-6-8-16-11-12-9-3-1-2-4-10(9)14-11/h1-4,15H,5-8H2. The molecule has 0 atom stereocenters. The monoisotopic (exact) mass is 255 g/mol. The highest BCUT2D eigenvalue weighted by Gasteiger charge is 2.04. The van der Waals surface area contributed by atoms with Crippen LogP contribution in [0.2, 0.25) is 0 Å². The highest BCUT2D eigenvalue weighted by Crippen LogP contribution is 2.22. The lowest BCUT2D eigenvalue weighted by Gasteiger charge is -1.98. The molecule has 0 aliphatic heterocycles. The lowest BCUT2D eigenvalue weighted by atomic mass is 10.3. The Morgan fingerprint density at radius 2 is 2.19 bits per heavy atom. The van der Waals surface area contributed by atoms with E-state index in [1.807, 2.05) is 24.3 Å². The van der Waals surface area contributed by atoms with Crippen LogP contribution in [0.3, 0.4) is 0 Å². The third-order valence-electron chi connectivity index (χ3n) is 1.96. The van der Waals surface area contributed by atoms with Gasteiger partial charge in [0.05, 0.1) is 13.2 Å². The zero-order valence-electron chi connectivity index (χ0n) is 8.76. The first-order chi connectivity index (χ1) is 7.90. The van der Waals surface area contributed by atoms with Crippen LogP contribution in [0, 0.1) is 0 Å². The Balaban J connectivity index is 1.85. The van der Waals surface area contributed by atoms with E-state index in [-0.39, 0.29) is 0 Å². The van der Waals surface area contributed by atoms with Crippen molar-refractivity contribution in [2.24, 2.45) is 0 Å². The molecule has 5 heteroatoms. The number of benzene rings is 1. The van der Waals surface area contributed by atoms with Crippen molar-refractivity contribution in [3.8, 4) is 0 Å². The highest BCUT2D eigenvalue weighted by atomic mass is 32.2. The molecule has 2 rings (SSSR count). The number of ether oxygens (including phenoxy) is 1. The fraction of sp³-hybridized carbons (Fsp3) is 0.364. The van der Waals surface area contributed by atoms with Gasteiger partial charge in [-0.25, -0.2) is 4.98 Å². The van der Waals surface area contributed by atoms with Crippen molar-refractivity contribution < 1.29 is 9.15 Å². The number of fused-ring (bicyclic) bond motifs is 1. The summed E-state index contributed by atoms with van der Waals surface area (Å²) < 4.78 is 10.9. The number of thiol groups is 1. The zero-order chi connectivity index (χ0) is 11.2. The molecule has 0 saturated heterocycles. The number of aromatic nitrogens is 1. The topological polar surface area (TPSA) is 35.3 Å². The van der Waals surface area contributed by atoms with Crippen LogP contribution in [0.25, 0.3) is 11.1 Å². The van der Waals surface area contributed by atoms with E-state index in [2.05, 4.69) is 17.6 Å². The first-order valence-electron chi connectivity index (χ1n) is 5.07. The largest absolute Gasteiger partial charge is 0.431 e. The van der Waals surface area contributed by atoms with E-state index in [0.29, 0.717) is 18.4 Å². The van der Waals surface area contributed by atoms with Crippen molar-refractivity contribution in [2.45, 2.75) is 5.22 Å². The molecule has 0 saturated carbocycles. The molecule has 1 heterocycles. The minimum atomic E-state index is 0.692. The fourth-order valence-electron chi connectivity index (χ4n) is 1.27. The first kappa shape index (κ1) is 11.8. The van der Waals surface area contributed by atoms with Gasteiger partial charge in [0.25, 0.3) is 5.22 Å². The van der Waals surface area contributed by atoms with Gasteiger partial charge in [0.1, 0.15) is 5.52 Å². The Hall–Kier alpha value is -0.650. The molecule has 0 N–H and O–H groups in total. The van der Waals surface area contributed by atoms with Crippen LogP contribution in [0.1, 0.15) is 0 Å². The van der Waals surface area contributed by atoms with Gasteiger partial charge < -0.3 is 9.15 Å². The molecule has 0 unspecified atom stereocenters. The van der Waals surface area contributed by atoms with E-state index in [4.69, 9.17) is 9.15 Å². The summed E-state index contributed by atoms with van der Waals surface area (Å²) in [7, 11) is 0. The summed E-state index contributed by atoms with van der Waals surface area (Å²) in [4.78, 5) is 4.36. The zero-order valence-corrected chi connectivity index (χ0v) is 10.5. The number of oxazole rings is 1. The minimum Gasteiger partial charge on any atom is -0.431 e. The molecule has 0 aliphatic carbocycles. The molecule has 0 amide bonds. The van der Waals surface area contributed by atoms with Gasteiger partial charge in [0, 0.05) is 11.5 Å². The summed E-state index contributed by atoms with van der Waals surface area (Å²) in [5.74, 6) is 1.61. The summed E-state index contributed by atoms with van der Waals surface area (Å²) in [5.41, 5.74) is 1.74. The SMILES string of the molecule is SCCOCCSc1nc2ccccc2o1. The number of hydrogen-bond acceptors (Lipinski definition) is 5. The molecule has 0 bridgehead atoms. The second-order valence-corrected chi connectivity index (χ2v) is 4.63. The van der Waals surface area contributed by atoms with Gasteiger partial charge in [-0.05, 0) is 12.1 Å². The van der Waals surface area contributed by atoms with E-state index < -0.39 is 0 Å². The van der Waals surface area contributed by atoms with E-state index >= 15 is 0 Å². The Morgan fingerprint density at radius 3 is 3.00 bits per heavy atom. The van der Waals surface area contributed by atoms with Crippen molar-refractivity contribution in [3.63, 3.8) is 0 Å². The molecule has 0 spiro atoms. The van der Waals surface area contributed by atoms with Crippen LogP contribution in [0.5, 0.6) is 0 Å². The van der Waals surface area contributed by atoms with Gasteiger partial charge in [-0.2, -0.15) is 12.6 Å². The molecule has 0 fully saturated rings. The third-order valence-corrected chi connectivity index (χ3v) is 2.94. The predicted octanol–water partition coefficient (Wildman–Crippen LogP) is 2.87. The molecule has 0 aliphatic rings. The van der Waals surface area contributed by atoms with Crippen LogP contribution in [0.4, 0.5) is 0 Å². The van der Waals surface area contributed by atoms with Gasteiger partial charge in [-0.15, -0.1) is 0 Å². The van der Waals surface area contributed by atoms with Gasteiger partial charge in [0.2, 0.25) is 0 Å². The summed E-state index contributed by atoms with van der Waals surface area (Å²) in [5, 5.41) is 0.704. The number of hydrogen-bond donors (Lipinski definition) is 1. The second kappa shape index (κ2) is 6.18. The van der Waals surface area contributed by atoms with Crippen LogP contribution in [-0.4, -0.2) is 29.7 Å². The predicted molar refractivity (Wildman–Crippen MR) is 69.4 cm³/mol. The van der Waals surface area contributed by atoms with Crippen LogP contribution >= 0.6 is 24.4 Å². The maximum absolute atomic E-state index is 5.56. The number of para-hydroxylation sites is 2. The van der Waals surface area contributed by atoms with Crippen LogP contribution in [-0.2, 0) is 4.74 Å². The van der Waals surface area contributed by atoms with Crippen molar-refractivity contribution >= 4 is 35.5 Å². The quantitative estimate of drug-likeness (QED) is 0.489. The molecule has 1 aromatic heterocycles. The third kappa shape index (κ3) is 3.17. The minimum absolute atomic E-state index is 0.692. The molecule has 2 aromatic rings. The van der Waals surface area contributed by atoms with Crippen molar-refractivity contribution in [3.05, 3.63) is 24.3 Å². The van der Waals surface area contributed by atoms with Crippen LogP contribution in [0.15, 0.2) is 33.9 Å².